The highest BCUT2D eigenvalue weighted by atomic mass is 16.5. The summed E-state index contributed by atoms with van der Waals surface area (Å²) < 4.78 is 7.08. The summed E-state index contributed by atoms with van der Waals surface area (Å²) in [4.78, 5) is 17.0. The Balaban J connectivity index is 1.31. The molecule has 1 aliphatic carbocycles. The third-order valence-electron chi connectivity index (χ3n) is 5.63. The quantitative estimate of drug-likeness (QED) is 0.833. The molecule has 2 amide bonds. The minimum atomic E-state index is -0.101. The SMILES string of the molecule is COc1cccc(-n2cc([C@H](C)NC(=O)N3CCN(CC4CC4)CC3)cn2)c1. The van der Waals surface area contributed by atoms with Crippen molar-refractivity contribution in [1.29, 1.82) is 0 Å². The number of methoxy groups -OCH3 is 1. The van der Waals surface area contributed by atoms with E-state index in [1.54, 1.807) is 18.0 Å². The first-order valence-corrected chi connectivity index (χ1v) is 10.1. The van der Waals surface area contributed by atoms with Crippen molar-refractivity contribution in [2.75, 3.05) is 39.8 Å². The second-order valence-electron chi connectivity index (χ2n) is 7.82. The molecule has 2 aliphatic rings. The lowest BCUT2D eigenvalue weighted by molar-refractivity contribution is 0.134. The summed E-state index contributed by atoms with van der Waals surface area (Å²) in [7, 11) is 1.65. The number of hydrogen-bond acceptors (Lipinski definition) is 4. The topological polar surface area (TPSA) is 62.6 Å². The summed E-state index contributed by atoms with van der Waals surface area (Å²) in [6.45, 7) is 6.75. The van der Waals surface area contributed by atoms with Crippen LogP contribution in [0.3, 0.4) is 0 Å². The Morgan fingerprint density at radius 2 is 2.07 bits per heavy atom. The van der Waals surface area contributed by atoms with Crippen LogP contribution in [0.1, 0.15) is 31.4 Å². The Kier molecular flexibility index (Phi) is 5.52. The second kappa shape index (κ2) is 8.22. The van der Waals surface area contributed by atoms with Crippen LogP contribution < -0.4 is 10.1 Å². The first-order valence-electron chi connectivity index (χ1n) is 10.1. The number of piperazine rings is 1. The van der Waals surface area contributed by atoms with Gasteiger partial charge in [-0.05, 0) is 37.8 Å². The third-order valence-corrected chi connectivity index (χ3v) is 5.63. The van der Waals surface area contributed by atoms with E-state index in [0.29, 0.717) is 0 Å². The average molecular weight is 383 g/mol. The number of carbonyl (C=O) groups excluding carboxylic acids is 1. The molecule has 7 heteroatoms. The van der Waals surface area contributed by atoms with Gasteiger partial charge in [0.25, 0.3) is 0 Å². The van der Waals surface area contributed by atoms with Crippen LogP contribution in [0.2, 0.25) is 0 Å². The molecule has 4 rings (SSSR count). The van der Waals surface area contributed by atoms with Crippen LogP contribution in [0.15, 0.2) is 36.7 Å². The molecule has 28 heavy (non-hydrogen) atoms. The largest absolute Gasteiger partial charge is 0.497 e. The summed E-state index contributed by atoms with van der Waals surface area (Å²) in [5, 5.41) is 7.55. The van der Waals surface area contributed by atoms with E-state index in [4.69, 9.17) is 4.74 Å². The molecule has 1 aliphatic heterocycles. The van der Waals surface area contributed by atoms with E-state index in [2.05, 4.69) is 15.3 Å². The number of rotatable bonds is 6. The Bertz CT molecular complexity index is 809. The summed E-state index contributed by atoms with van der Waals surface area (Å²) in [5.41, 5.74) is 1.90. The molecule has 1 saturated carbocycles. The van der Waals surface area contributed by atoms with Gasteiger partial charge in [0.15, 0.2) is 0 Å². The van der Waals surface area contributed by atoms with E-state index >= 15 is 0 Å². The van der Waals surface area contributed by atoms with Gasteiger partial charge in [0.2, 0.25) is 0 Å². The van der Waals surface area contributed by atoms with Gasteiger partial charge in [-0.15, -0.1) is 0 Å². The van der Waals surface area contributed by atoms with Gasteiger partial charge in [-0.1, -0.05) is 6.07 Å². The number of aromatic nitrogens is 2. The van der Waals surface area contributed by atoms with Crippen molar-refractivity contribution < 1.29 is 9.53 Å². The Morgan fingerprint density at radius 3 is 2.79 bits per heavy atom. The van der Waals surface area contributed by atoms with Gasteiger partial charge in [-0.3, -0.25) is 4.90 Å². The van der Waals surface area contributed by atoms with Crippen LogP contribution in [0.25, 0.3) is 5.69 Å². The van der Waals surface area contributed by atoms with Crippen molar-refractivity contribution in [3.05, 3.63) is 42.2 Å². The van der Waals surface area contributed by atoms with Crippen molar-refractivity contribution in [2.45, 2.75) is 25.8 Å². The highest BCUT2D eigenvalue weighted by molar-refractivity contribution is 5.74. The van der Waals surface area contributed by atoms with Crippen LogP contribution >= 0.6 is 0 Å². The predicted octanol–water partition coefficient (Wildman–Crippen LogP) is 2.68. The molecule has 1 atom stereocenters. The predicted molar refractivity (Wildman–Crippen MR) is 108 cm³/mol. The summed E-state index contributed by atoms with van der Waals surface area (Å²) in [5.74, 6) is 1.69. The van der Waals surface area contributed by atoms with Crippen LogP contribution in [0.5, 0.6) is 5.75 Å². The van der Waals surface area contributed by atoms with Gasteiger partial charge in [-0.2, -0.15) is 5.10 Å². The lowest BCUT2D eigenvalue weighted by Gasteiger charge is -2.35. The fourth-order valence-electron chi connectivity index (χ4n) is 3.61. The smallest absolute Gasteiger partial charge is 0.317 e. The van der Waals surface area contributed by atoms with Crippen molar-refractivity contribution in [1.82, 2.24) is 24.9 Å². The van der Waals surface area contributed by atoms with E-state index in [1.165, 1.54) is 19.4 Å². The van der Waals surface area contributed by atoms with E-state index in [-0.39, 0.29) is 12.1 Å². The van der Waals surface area contributed by atoms with Crippen molar-refractivity contribution >= 4 is 6.03 Å². The van der Waals surface area contributed by atoms with Gasteiger partial charge in [-0.25, -0.2) is 9.48 Å². The summed E-state index contributed by atoms with van der Waals surface area (Å²) in [6, 6.07) is 7.65. The Morgan fingerprint density at radius 1 is 1.29 bits per heavy atom. The molecule has 1 N–H and O–H groups in total. The highest BCUT2D eigenvalue weighted by Crippen LogP contribution is 2.30. The summed E-state index contributed by atoms with van der Waals surface area (Å²) >= 11 is 0. The molecule has 1 aromatic carbocycles. The monoisotopic (exact) mass is 383 g/mol. The number of urea groups is 1. The molecule has 1 aromatic heterocycles. The minimum Gasteiger partial charge on any atom is -0.497 e. The van der Waals surface area contributed by atoms with Gasteiger partial charge in [0.1, 0.15) is 5.75 Å². The molecule has 2 fully saturated rings. The van der Waals surface area contributed by atoms with E-state index in [0.717, 1.165) is 49.1 Å². The molecule has 2 aromatic rings. The molecule has 0 spiro atoms. The maximum Gasteiger partial charge on any atom is 0.317 e. The number of hydrogen-bond donors (Lipinski definition) is 1. The normalized spacial score (nSPS) is 18.7. The number of benzene rings is 1. The molecule has 0 radical (unpaired) electrons. The molecule has 0 unspecified atom stereocenters. The van der Waals surface area contributed by atoms with E-state index in [9.17, 15) is 4.79 Å². The lowest BCUT2D eigenvalue weighted by Crippen LogP contribution is -2.52. The fourth-order valence-corrected chi connectivity index (χ4v) is 3.61. The molecule has 7 nitrogen and oxygen atoms in total. The first-order chi connectivity index (χ1) is 13.6. The van der Waals surface area contributed by atoms with Gasteiger partial charge < -0.3 is 15.0 Å². The number of amides is 2. The zero-order chi connectivity index (χ0) is 19.5. The van der Waals surface area contributed by atoms with Crippen LogP contribution in [0, 0.1) is 5.92 Å². The van der Waals surface area contributed by atoms with Crippen molar-refractivity contribution in [2.24, 2.45) is 5.92 Å². The first kappa shape index (κ1) is 18.8. The van der Waals surface area contributed by atoms with Gasteiger partial charge in [0.05, 0.1) is 25.0 Å². The van der Waals surface area contributed by atoms with Gasteiger partial charge in [0, 0.05) is 50.6 Å². The summed E-state index contributed by atoms with van der Waals surface area (Å²) in [6.07, 6.45) is 6.51. The number of carbonyl (C=O) groups is 1. The van der Waals surface area contributed by atoms with Crippen LogP contribution in [-0.2, 0) is 0 Å². The van der Waals surface area contributed by atoms with E-state index in [1.807, 2.05) is 42.3 Å². The second-order valence-corrected chi connectivity index (χ2v) is 7.82. The maximum absolute atomic E-state index is 12.6. The number of nitrogens with one attached hydrogen (secondary N) is 1. The van der Waals surface area contributed by atoms with Crippen LogP contribution in [0.4, 0.5) is 4.79 Å². The van der Waals surface area contributed by atoms with Crippen LogP contribution in [-0.4, -0.2) is 65.4 Å². The average Bonchev–Trinajstić information content (AvgIpc) is 3.39. The molecule has 1 saturated heterocycles. The molecule has 0 bridgehead atoms. The van der Waals surface area contributed by atoms with E-state index < -0.39 is 0 Å². The van der Waals surface area contributed by atoms with Crippen molar-refractivity contribution in [3.63, 3.8) is 0 Å². The fraction of sp³-hybridized carbons (Fsp3) is 0.524. The highest BCUT2D eigenvalue weighted by Gasteiger charge is 2.28. The lowest BCUT2D eigenvalue weighted by atomic mass is 10.2. The molecule has 2 heterocycles. The maximum atomic E-state index is 12.6. The number of nitrogens with zero attached hydrogens (tertiary/aromatic N) is 4. The zero-order valence-electron chi connectivity index (χ0n) is 16.7. The third kappa shape index (κ3) is 4.47. The zero-order valence-corrected chi connectivity index (χ0v) is 16.7. The van der Waals surface area contributed by atoms with Gasteiger partial charge >= 0.3 is 6.03 Å². The molecular formula is C21H29N5O2. The Labute approximate surface area is 166 Å². The molecular weight excluding hydrogens is 354 g/mol. The van der Waals surface area contributed by atoms with Crippen molar-refractivity contribution in [3.8, 4) is 11.4 Å². The minimum absolute atomic E-state index is 0.00713. The molecule has 150 valence electrons. The standard InChI is InChI=1S/C21H29N5O2/c1-16(18-13-22-26(15-18)19-4-3-5-20(12-19)28-2)23-21(27)25-10-8-24(9-11-25)14-17-6-7-17/h3-5,12-13,15-17H,6-11,14H2,1-2H3,(H,23,27)/t16-/m0/s1. The Hall–Kier alpha value is -2.54. The number of ether oxygens (including phenoxy) is 1.